The molecule has 1 aliphatic heterocycles. The van der Waals surface area contributed by atoms with E-state index in [-0.39, 0.29) is 6.61 Å². The highest BCUT2D eigenvalue weighted by Crippen LogP contribution is 2.28. The second kappa shape index (κ2) is 4.31. The first-order valence-electron chi connectivity index (χ1n) is 5.05. The summed E-state index contributed by atoms with van der Waals surface area (Å²) in [7, 11) is 1.86. The molecule has 1 aromatic carbocycles. The molecule has 0 saturated carbocycles. The van der Waals surface area contributed by atoms with E-state index in [1.54, 1.807) is 5.01 Å². The molecule has 0 spiro atoms. The summed E-state index contributed by atoms with van der Waals surface area (Å²) in [6, 6.07) is 5.82. The van der Waals surface area contributed by atoms with Gasteiger partial charge in [0.05, 0.1) is 12.3 Å². The number of aliphatic hydroxyl groups is 1. The maximum atomic E-state index is 9.33. The predicted octanol–water partition coefficient (Wildman–Crippen LogP) is 1.71. The Kier molecular flexibility index (Phi) is 3.03. The lowest BCUT2D eigenvalue weighted by Gasteiger charge is -2.22. The van der Waals surface area contributed by atoms with E-state index in [9.17, 15) is 5.11 Å². The number of hydrazone groups is 1. The van der Waals surface area contributed by atoms with E-state index in [0.717, 1.165) is 16.8 Å². The molecule has 16 heavy (non-hydrogen) atoms. The van der Waals surface area contributed by atoms with Crippen LogP contribution in [0.5, 0.6) is 0 Å². The smallest absolute Gasteiger partial charge is 0.223 e. The Bertz CT molecular complexity index is 433. The number of amidine groups is 1. The fourth-order valence-corrected chi connectivity index (χ4v) is 2.15. The third-order valence-electron chi connectivity index (χ3n) is 2.58. The summed E-state index contributed by atoms with van der Waals surface area (Å²) in [4.78, 5) is 1.89. The van der Waals surface area contributed by atoms with Crippen molar-refractivity contribution in [2.45, 2.75) is 13.5 Å². The van der Waals surface area contributed by atoms with Crippen LogP contribution < -0.4 is 4.90 Å². The van der Waals surface area contributed by atoms with Crippen LogP contribution in [0.4, 0.5) is 5.69 Å². The predicted molar refractivity (Wildman–Crippen MR) is 65.5 cm³/mol. The van der Waals surface area contributed by atoms with Gasteiger partial charge in [-0.3, -0.25) is 9.91 Å². The molecule has 0 saturated heterocycles. The van der Waals surface area contributed by atoms with Crippen molar-refractivity contribution in [3.05, 3.63) is 29.3 Å². The van der Waals surface area contributed by atoms with Crippen LogP contribution in [-0.2, 0) is 6.61 Å². The maximum absolute atomic E-state index is 9.33. The minimum Gasteiger partial charge on any atom is -0.392 e. The first-order chi connectivity index (χ1) is 7.63. The SMILES string of the molecule is Cc1cccc(CO)c1N1CN(C)N=C1Cl. The van der Waals surface area contributed by atoms with Crippen LogP contribution in [0.2, 0.25) is 0 Å². The zero-order valence-corrected chi connectivity index (χ0v) is 10.1. The van der Waals surface area contributed by atoms with Gasteiger partial charge in [-0.1, -0.05) is 18.2 Å². The molecular weight excluding hydrogens is 226 g/mol. The zero-order chi connectivity index (χ0) is 11.7. The first kappa shape index (κ1) is 11.2. The van der Waals surface area contributed by atoms with E-state index in [1.165, 1.54) is 0 Å². The lowest BCUT2D eigenvalue weighted by Crippen LogP contribution is -2.28. The van der Waals surface area contributed by atoms with Gasteiger partial charge in [0.15, 0.2) is 0 Å². The maximum Gasteiger partial charge on any atom is 0.223 e. The van der Waals surface area contributed by atoms with Crippen molar-refractivity contribution in [1.82, 2.24) is 5.01 Å². The van der Waals surface area contributed by atoms with Gasteiger partial charge in [-0.2, -0.15) is 0 Å². The number of nitrogens with zero attached hydrogens (tertiary/aromatic N) is 3. The molecule has 0 amide bonds. The topological polar surface area (TPSA) is 39.1 Å². The molecular formula is C11H14ClN3O. The number of aryl methyl sites for hydroxylation is 1. The summed E-state index contributed by atoms with van der Waals surface area (Å²) in [5, 5.41) is 15.7. The van der Waals surface area contributed by atoms with Gasteiger partial charge in [0.1, 0.15) is 6.67 Å². The van der Waals surface area contributed by atoms with E-state index < -0.39 is 0 Å². The summed E-state index contributed by atoms with van der Waals surface area (Å²) < 4.78 is 0. The molecule has 1 heterocycles. The van der Waals surface area contributed by atoms with Gasteiger partial charge in [0.25, 0.3) is 0 Å². The third kappa shape index (κ3) is 1.86. The third-order valence-corrected chi connectivity index (χ3v) is 2.86. The van der Waals surface area contributed by atoms with Crippen molar-refractivity contribution in [3.63, 3.8) is 0 Å². The number of hydrogen-bond acceptors (Lipinski definition) is 4. The summed E-state index contributed by atoms with van der Waals surface area (Å²) in [5.41, 5.74) is 2.89. The summed E-state index contributed by atoms with van der Waals surface area (Å²) in [5.74, 6) is 0. The van der Waals surface area contributed by atoms with Gasteiger partial charge in [0, 0.05) is 12.6 Å². The second-order valence-corrected chi connectivity index (χ2v) is 4.17. The van der Waals surface area contributed by atoms with E-state index in [2.05, 4.69) is 5.10 Å². The molecule has 0 radical (unpaired) electrons. The molecule has 1 N–H and O–H groups in total. The van der Waals surface area contributed by atoms with Crippen LogP contribution in [0.3, 0.4) is 0 Å². The number of anilines is 1. The quantitative estimate of drug-likeness (QED) is 0.799. The summed E-state index contributed by atoms with van der Waals surface area (Å²) in [6.07, 6.45) is 0. The Hall–Kier alpha value is -1.26. The fourth-order valence-electron chi connectivity index (χ4n) is 1.89. The highest BCUT2D eigenvalue weighted by molar-refractivity contribution is 6.68. The van der Waals surface area contributed by atoms with Crippen LogP contribution in [-0.4, -0.2) is 29.1 Å². The number of halogens is 1. The molecule has 2 rings (SSSR count). The van der Waals surface area contributed by atoms with Gasteiger partial charge in [0.2, 0.25) is 5.29 Å². The van der Waals surface area contributed by atoms with Gasteiger partial charge in [-0.25, -0.2) is 0 Å². The highest BCUT2D eigenvalue weighted by atomic mass is 35.5. The number of hydrogen-bond donors (Lipinski definition) is 1. The fraction of sp³-hybridized carbons (Fsp3) is 0.364. The van der Waals surface area contributed by atoms with Crippen LogP contribution in [0.1, 0.15) is 11.1 Å². The number of para-hydroxylation sites is 1. The van der Waals surface area contributed by atoms with Gasteiger partial charge < -0.3 is 5.11 Å². The molecule has 1 aromatic rings. The Morgan fingerprint density at radius 1 is 1.50 bits per heavy atom. The molecule has 4 nitrogen and oxygen atoms in total. The molecule has 0 fully saturated rings. The van der Waals surface area contributed by atoms with Crippen molar-refractivity contribution in [3.8, 4) is 0 Å². The van der Waals surface area contributed by atoms with Crippen LogP contribution in [0.25, 0.3) is 0 Å². The van der Waals surface area contributed by atoms with Crippen molar-refractivity contribution < 1.29 is 5.11 Å². The number of rotatable bonds is 2. The molecule has 0 unspecified atom stereocenters. The highest BCUT2D eigenvalue weighted by Gasteiger charge is 2.23. The Morgan fingerprint density at radius 3 is 2.81 bits per heavy atom. The lowest BCUT2D eigenvalue weighted by atomic mass is 10.1. The molecule has 0 bridgehead atoms. The monoisotopic (exact) mass is 239 g/mol. The Balaban J connectivity index is 2.44. The van der Waals surface area contributed by atoms with Crippen molar-refractivity contribution in [2.24, 2.45) is 5.10 Å². The average molecular weight is 240 g/mol. The number of benzene rings is 1. The minimum absolute atomic E-state index is 0.00139. The molecule has 0 aliphatic carbocycles. The van der Waals surface area contributed by atoms with Crippen molar-refractivity contribution in [1.29, 1.82) is 0 Å². The van der Waals surface area contributed by atoms with Gasteiger partial charge in [-0.15, -0.1) is 5.10 Å². The lowest BCUT2D eigenvalue weighted by molar-refractivity contribution is 0.282. The van der Waals surface area contributed by atoms with E-state index >= 15 is 0 Å². The van der Waals surface area contributed by atoms with E-state index in [0.29, 0.717) is 12.0 Å². The molecule has 5 heteroatoms. The molecule has 0 atom stereocenters. The Labute approximate surface area is 99.7 Å². The number of aliphatic hydroxyl groups excluding tert-OH is 1. The molecule has 86 valence electrons. The summed E-state index contributed by atoms with van der Waals surface area (Å²) in [6.45, 7) is 2.61. The molecule has 1 aliphatic rings. The van der Waals surface area contributed by atoms with E-state index in [4.69, 9.17) is 11.6 Å². The first-order valence-corrected chi connectivity index (χ1v) is 5.43. The second-order valence-electron chi connectivity index (χ2n) is 3.84. The van der Waals surface area contributed by atoms with Gasteiger partial charge >= 0.3 is 0 Å². The minimum atomic E-state index is 0.00139. The molecule has 0 aromatic heterocycles. The van der Waals surface area contributed by atoms with Crippen LogP contribution in [0.15, 0.2) is 23.3 Å². The van der Waals surface area contributed by atoms with Crippen LogP contribution >= 0.6 is 11.6 Å². The van der Waals surface area contributed by atoms with Crippen molar-refractivity contribution >= 4 is 22.6 Å². The van der Waals surface area contributed by atoms with E-state index in [1.807, 2.05) is 37.1 Å². The van der Waals surface area contributed by atoms with Crippen molar-refractivity contribution in [2.75, 3.05) is 18.6 Å². The van der Waals surface area contributed by atoms with Gasteiger partial charge in [-0.05, 0) is 24.1 Å². The zero-order valence-electron chi connectivity index (χ0n) is 9.31. The normalized spacial score (nSPS) is 15.6. The largest absolute Gasteiger partial charge is 0.392 e. The Morgan fingerprint density at radius 2 is 2.25 bits per heavy atom. The average Bonchev–Trinajstić information content (AvgIpc) is 2.57. The standard InChI is InChI=1S/C11H14ClN3O/c1-8-4-3-5-9(6-16)10(8)15-7-14(2)13-11(15)12/h3-5,16H,6-7H2,1-2H3. The van der Waals surface area contributed by atoms with Crippen LogP contribution in [0, 0.1) is 6.92 Å². The summed E-state index contributed by atoms with van der Waals surface area (Å²) >= 11 is 6.06.